The Hall–Kier alpha value is -3.50. The molecule has 0 aliphatic heterocycles. The highest BCUT2D eigenvalue weighted by atomic mass is 32.1. The smallest absolute Gasteiger partial charge is 0.164 e. The van der Waals surface area contributed by atoms with Crippen molar-refractivity contribution < 1.29 is 0 Å². The van der Waals surface area contributed by atoms with Gasteiger partial charge in [0.25, 0.3) is 0 Å². The van der Waals surface area contributed by atoms with Crippen molar-refractivity contribution >= 4 is 46.7 Å². The maximum Gasteiger partial charge on any atom is 0.164 e. The van der Waals surface area contributed by atoms with Crippen LogP contribution in [0, 0.1) is 0 Å². The van der Waals surface area contributed by atoms with Gasteiger partial charge < -0.3 is 0 Å². The van der Waals surface area contributed by atoms with Crippen LogP contribution in [0.15, 0.2) is 69.8 Å². The van der Waals surface area contributed by atoms with Crippen LogP contribution >= 0.6 is 22.7 Å². The Kier molecular flexibility index (Phi) is 6.16. The molecule has 0 radical (unpaired) electrons. The van der Waals surface area contributed by atoms with Gasteiger partial charge in [-0.15, -0.1) is 22.7 Å². The maximum atomic E-state index is 4.69. The summed E-state index contributed by atoms with van der Waals surface area (Å²) in [4.78, 5) is 17.8. The van der Waals surface area contributed by atoms with E-state index < -0.39 is 0 Å². The van der Waals surface area contributed by atoms with Gasteiger partial charge in [0, 0.05) is 48.9 Å². The Bertz CT molecular complexity index is 1060. The summed E-state index contributed by atoms with van der Waals surface area (Å²) in [7, 11) is 3.67. The molecule has 0 aliphatic rings. The molecule has 1 aromatic carbocycles. The Morgan fingerprint density at radius 3 is 1.80 bits per heavy atom. The molecule has 0 N–H and O–H groups in total. The number of anilines is 2. The van der Waals surface area contributed by atoms with Gasteiger partial charge in [0.1, 0.15) is 10.0 Å². The summed E-state index contributed by atoms with van der Waals surface area (Å²) < 4.78 is 0. The fourth-order valence-corrected chi connectivity index (χ4v) is 3.44. The number of hydrogen-bond acceptors (Lipinski definition) is 10. The zero-order chi connectivity index (χ0) is 20.8. The molecule has 8 nitrogen and oxygen atoms in total. The summed E-state index contributed by atoms with van der Waals surface area (Å²) in [5.74, 6) is 1.88. The molecular weight excluding hydrogens is 416 g/mol. The van der Waals surface area contributed by atoms with Crippen molar-refractivity contribution in [1.29, 1.82) is 0 Å². The van der Waals surface area contributed by atoms with E-state index in [2.05, 4.69) is 20.2 Å². The van der Waals surface area contributed by atoms with Crippen LogP contribution in [0.4, 0.5) is 11.6 Å². The van der Waals surface area contributed by atoms with E-state index in [0.717, 1.165) is 15.6 Å². The second-order valence-electron chi connectivity index (χ2n) is 6.05. The third-order valence-electron chi connectivity index (χ3n) is 3.98. The van der Waals surface area contributed by atoms with Gasteiger partial charge in [0.05, 0.1) is 12.4 Å². The molecule has 0 unspecified atom stereocenters. The highest BCUT2D eigenvalue weighted by Gasteiger charge is 2.12. The fourth-order valence-electron chi connectivity index (χ4n) is 2.46. The molecule has 0 amide bonds. The number of nitrogens with zero attached hydrogens (tertiary/aromatic N) is 8. The van der Waals surface area contributed by atoms with E-state index in [9.17, 15) is 0 Å². The van der Waals surface area contributed by atoms with Gasteiger partial charge in [-0.2, -0.15) is 10.2 Å². The molecule has 0 bridgehead atoms. The topological polar surface area (TPSA) is 82.8 Å². The largest absolute Gasteiger partial charge is 0.251 e. The lowest BCUT2D eigenvalue weighted by atomic mass is 10.2. The minimum Gasteiger partial charge on any atom is -0.251 e. The summed E-state index contributed by atoms with van der Waals surface area (Å²) in [6.07, 6.45) is 6.91. The zero-order valence-electron chi connectivity index (χ0n) is 16.3. The number of aromatic nitrogens is 4. The van der Waals surface area contributed by atoms with Gasteiger partial charge in [-0.25, -0.2) is 19.9 Å². The van der Waals surface area contributed by atoms with Crippen LogP contribution < -0.4 is 10.0 Å². The molecule has 0 atom stereocenters. The lowest BCUT2D eigenvalue weighted by Crippen LogP contribution is -2.16. The Morgan fingerprint density at radius 2 is 1.33 bits per heavy atom. The fraction of sp³-hybridized carbons (Fsp3) is 0.100. The molecule has 150 valence electrons. The van der Waals surface area contributed by atoms with Crippen LogP contribution in [0.3, 0.4) is 0 Å². The van der Waals surface area contributed by atoms with Crippen molar-refractivity contribution in [1.82, 2.24) is 19.9 Å². The van der Waals surface area contributed by atoms with Crippen LogP contribution in [-0.4, -0.2) is 46.5 Å². The summed E-state index contributed by atoms with van der Waals surface area (Å²) in [5, 5.41) is 17.8. The Balaban J connectivity index is 1.67. The quantitative estimate of drug-likeness (QED) is 0.323. The molecule has 4 aromatic rings. The average Bonchev–Trinajstić information content (AvgIpc) is 3.50. The van der Waals surface area contributed by atoms with Gasteiger partial charge in [0.15, 0.2) is 17.5 Å². The van der Waals surface area contributed by atoms with Crippen LogP contribution in [0.25, 0.3) is 11.4 Å². The highest BCUT2D eigenvalue weighted by Crippen LogP contribution is 2.24. The van der Waals surface area contributed by atoms with Crippen molar-refractivity contribution in [3.8, 4) is 11.4 Å². The van der Waals surface area contributed by atoms with E-state index in [1.165, 1.54) is 22.7 Å². The number of thiazole rings is 2. The summed E-state index contributed by atoms with van der Waals surface area (Å²) >= 11 is 3.04. The Morgan fingerprint density at radius 1 is 0.800 bits per heavy atom. The minimum absolute atomic E-state index is 0.593. The summed E-state index contributed by atoms with van der Waals surface area (Å²) in [5.41, 5.74) is 0.912. The number of hydrazone groups is 2. The van der Waals surface area contributed by atoms with E-state index in [-0.39, 0.29) is 0 Å². The maximum absolute atomic E-state index is 4.69. The molecule has 4 rings (SSSR count). The summed E-state index contributed by atoms with van der Waals surface area (Å²) in [6.45, 7) is 0. The average molecular weight is 435 g/mol. The first kappa shape index (κ1) is 19.8. The normalized spacial score (nSPS) is 11.4. The van der Waals surface area contributed by atoms with E-state index >= 15 is 0 Å². The van der Waals surface area contributed by atoms with Gasteiger partial charge >= 0.3 is 0 Å². The molecule has 3 heterocycles. The first-order chi connectivity index (χ1) is 14.7. The molecule has 0 saturated heterocycles. The van der Waals surface area contributed by atoms with Crippen molar-refractivity contribution in [3.63, 3.8) is 0 Å². The molecule has 10 heteroatoms. The first-order valence-corrected chi connectivity index (χ1v) is 10.7. The van der Waals surface area contributed by atoms with Gasteiger partial charge in [-0.3, -0.25) is 10.0 Å². The molecule has 3 aromatic heterocycles. The van der Waals surface area contributed by atoms with E-state index in [4.69, 9.17) is 9.97 Å². The molecule has 30 heavy (non-hydrogen) atoms. The molecule has 0 saturated carbocycles. The number of hydrogen-bond donors (Lipinski definition) is 0. The predicted molar refractivity (Wildman–Crippen MR) is 124 cm³/mol. The van der Waals surface area contributed by atoms with E-state index in [1.54, 1.807) is 34.8 Å². The van der Waals surface area contributed by atoms with Crippen LogP contribution in [0.2, 0.25) is 0 Å². The van der Waals surface area contributed by atoms with Crippen molar-refractivity contribution in [2.24, 2.45) is 10.2 Å². The number of benzene rings is 1. The van der Waals surface area contributed by atoms with Crippen LogP contribution in [0.5, 0.6) is 0 Å². The SMILES string of the molecule is CN(/N=C/c1nccs1)c1cc(N(C)/N=C/c2nccs2)nc(-c2ccccc2)n1. The van der Waals surface area contributed by atoms with Crippen LogP contribution in [-0.2, 0) is 0 Å². The van der Waals surface area contributed by atoms with Gasteiger partial charge in [0.2, 0.25) is 0 Å². The predicted octanol–water partition coefficient (Wildman–Crippen LogP) is 4.00. The van der Waals surface area contributed by atoms with Gasteiger partial charge in [-0.1, -0.05) is 30.3 Å². The number of rotatable bonds is 7. The minimum atomic E-state index is 0.593. The van der Waals surface area contributed by atoms with E-state index in [1.807, 2.05) is 61.3 Å². The molecule has 0 fully saturated rings. The van der Waals surface area contributed by atoms with Gasteiger partial charge in [-0.05, 0) is 0 Å². The zero-order valence-corrected chi connectivity index (χ0v) is 18.0. The molecule has 0 aliphatic carbocycles. The lowest BCUT2D eigenvalue weighted by molar-refractivity contribution is 0.936. The van der Waals surface area contributed by atoms with Crippen molar-refractivity contribution in [2.45, 2.75) is 0 Å². The Labute approximate surface area is 181 Å². The monoisotopic (exact) mass is 434 g/mol. The third kappa shape index (κ3) is 4.91. The molecular formula is C20H18N8S2. The van der Waals surface area contributed by atoms with Crippen LogP contribution in [0.1, 0.15) is 10.0 Å². The third-order valence-corrected chi connectivity index (χ3v) is 5.40. The lowest BCUT2D eigenvalue weighted by Gasteiger charge is -2.17. The van der Waals surface area contributed by atoms with E-state index in [0.29, 0.717) is 17.5 Å². The standard InChI is InChI=1S/C20H18N8S2/c1-27(23-13-18-21-8-10-29-18)16-12-17(28(2)24-14-19-22-9-11-30-19)26-20(25-16)15-6-4-3-5-7-15/h3-14H,1-2H3/b23-13+,24-14+. The van der Waals surface area contributed by atoms with Crippen molar-refractivity contribution in [2.75, 3.05) is 24.1 Å². The summed E-state index contributed by atoms with van der Waals surface area (Å²) in [6, 6.07) is 11.7. The highest BCUT2D eigenvalue weighted by molar-refractivity contribution is 7.11. The first-order valence-electron chi connectivity index (χ1n) is 8.98. The van der Waals surface area contributed by atoms with Crippen molar-refractivity contribution in [3.05, 3.63) is 69.6 Å². The second kappa shape index (κ2) is 9.33. The second-order valence-corrected chi connectivity index (χ2v) is 7.90. The molecule has 0 spiro atoms.